The van der Waals surface area contributed by atoms with Crippen LogP contribution >= 0.6 is 0 Å². The standard InChI is InChI=1S/C15H28N2/c1-17-8-2-13(3-9-17)10-14-11-15(12-14)4-6-16-7-5-15/h13-14,16H,2-12H2,1H3. The number of nitrogens with one attached hydrogen (secondary N) is 1. The third-order valence-corrected chi connectivity index (χ3v) is 5.61. The Kier molecular flexibility index (Phi) is 3.45. The van der Waals surface area contributed by atoms with Gasteiger partial charge >= 0.3 is 0 Å². The Bertz CT molecular complexity index is 242. The lowest BCUT2D eigenvalue weighted by Gasteiger charge is -2.51. The molecule has 2 heterocycles. The van der Waals surface area contributed by atoms with E-state index < -0.39 is 0 Å². The molecule has 0 unspecified atom stereocenters. The van der Waals surface area contributed by atoms with Crippen molar-refractivity contribution in [3.05, 3.63) is 0 Å². The molecule has 1 aliphatic carbocycles. The van der Waals surface area contributed by atoms with E-state index in [9.17, 15) is 0 Å². The van der Waals surface area contributed by atoms with Crippen LogP contribution in [0.25, 0.3) is 0 Å². The van der Waals surface area contributed by atoms with Gasteiger partial charge in [-0.25, -0.2) is 0 Å². The fraction of sp³-hybridized carbons (Fsp3) is 1.00. The van der Waals surface area contributed by atoms with Crippen molar-refractivity contribution in [2.24, 2.45) is 17.3 Å². The fourth-order valence-corrected chi connectivity index (χ4v) is 4.47. The predicted molar refractivity (Wildman–Crippen MR) is 72.1 cm³/mol. The minimum absolute atomic E-state index is 0.793. The van der Waals surface area contributed by atoms with E-state index in [2.05, 4.69) is 17.3 Å². The normalized spacial score (nSPS) is 31.6. The molecule has 3 aliphatic rings. The molecule has 17 heavy (non-hydrogen) atoms. The maximum atomic E-state index is 3.50. The van der Waals surface area contributed by atoms with Gasteiger partial charge in [-0.2, -0.15) is 0 Å². The van der Waals surface area contributed by atoms with E-state index in [1.54, 1.807) is 19.3 Å². The minimum atomic E-state index is 0.793. The van der Waals surface area contributed by atoms with E-state index in [4.69, 9.17) is 0 Å². The summed E-state index contributed by atoms with van der Waals surface area (Å²) in [5, 5.41) is 3.50. The van der Waals surface area contributed by atoms with Gasteiger partial charge in [-0.3, -0.25) is 0 Å². The van der Waals surface area contributed by atoms with Gasteiger partial charge in [0.25, 0.3) is 0 Å². The van der Waals surface area contributed by atoms with Crippen LogP contribution in [0.5, 0.6) is 0 Å². The summed E-state index contributed by atoms with van der Waals surface area (Å²) in [5.41, 5.74) is 0.793. The molecule has 2 saturated heterocycles. The zero-order valence-corrected chi connectivity index (χ0v) is 11.4. The Hall–Kier alpha value is -0.0800. The third-order valence-electron chi connectivity index (χ3n) is 5.61. The van der Waals surface area contributed by atoms with Crippen molar-refractivity contribution in [3.8, 4) is 0 Å². The highest BCUT2D eigenvalue weighted by Crippen LogP contribution is 2.53. The predicted octanol–water partition coefficient (Wildman–Crippen LogP) is 2.50. The molecule has 1 spiro atoms. The highest BCUT2D eigenvalue weighted by molar-refractivity contribution is 4.97. The zero-order valence-electron chi connectivity index (χ0n) is 11.4. The third kappa shape index (κ3) is 2.68. The van der Waals surface area contributed by atoms with E-state index in [0.717, 1.165) is 17.3 Å². The van der Waals surface area contributed by atoms with Crippen molar-refractivity contribution in [3.63, 3.8) is 0 Å². The van der Waals surface area contributed by atoms with Crippen molar-refractivity contribution in [1.29, 1.82) is 0 Å². The summed E-state index contributed by atoms with van der Waals surface area (Å²) in [4.78, 5) is 2.49. The molecule has 3 fully saturated rings. The number of rotatable bonds is 2. The maximum absolute atomic E-state index is 3.50. The van der Waals surface area contributed by atoms with Crippen molar-refractivity contribution in [1.82, 2.24) is 10.2 Å². The average molecular weight is 236 g/mol. The second kappa shape index (κ2) is 4.89. The van der Waals surface area contributed by atoms with E-state index >= 15 is 0 Å². The van der Waals surface area contributed by atoms with Crippen molar-refractivity contribution >= 4 is 0 Å². The van der Waals surface area contributed by atoms with Crippen molar-refractivity contribution in [2.45, 2.75) is 44.9 Å². The average Bonchev–Trinajstić information content (AvgIpc) is 2.31. The zero-order chi connectivity index (χ0) is 11.7. The second-order valence-corrected chi connectivity index (χ2v) is 7.01. The largest absolute Gasteiger partial charge is 0.317 e. The summed E-state index contributed by atoms with van der Waals surface area (Å²) in [6.07, 6.45) is 10.5. The molecule has 0 amide bonds. The number of hydrogen-bond donors (Lipinski definition) is 1. The smallest absolute Gasteiger partial charge is 0.00191 e. The SMILES string of the molecule is CN1CCC(CC2CC3(CCNCC3)C2)CC1. The Morgan fingerprint density at radius 1 is 1.06 bits per heavy atom. The Balaban J connectivity index is 1.40. The van der Waals surface area contributed by atoms with E-state index in [1.165, 1.54) is 51.9 Å². The van der Waals surface area contributed by atoms with Crippen LogP contribution in [0.2, 0.25) is 0 Å². The van der Waals surface area contributed by atoms with Crippen LogP contribution in [0.15, 0.2) is 0 Å². The van der Waals surface area contributed by atoms with Gasteiger partial charge in [-0.1, -0.05) is 0 Å². The second-order valence-electron chi connectivity index (χ2n) is 7.01. The van der Waals surface area contributed by atoms with Gasteiger partial charge in [-0.05, 0) is 95.4 Å². The lowest BCUT2D eigenvalue weighted by molar-refractivity contribution is 0.00421. The van der Waals surface area contributed by atoms with Gasteiger partial charge in [0.1, 0.15) is 0 Å². The van der Waals surface area contributed by atoms with Gasteiger partial charge in [0.2, 0.25) is 0 Å². The lowest BCUT2D eigenvalue weighted by atomic mass is 9.56. The molecule has 0 aromatic carbocycles. The van der Waals surface area contributed by atoms with Crippen molar-refractivity contribution < 1.29 is 0 Å². The Morgan fingerprint density at radius 3 is 2.35 bits per heavy atom. The van der Waals surface area contributed by atoms with Crippen LogP contribution in [-0.4, -0.2) is 38.1 Å². The van der Waals surface area contributed by atoms with Gasteiger partial charge in [0, 0.05) is 0 Å². The fourth-order valence-electron chi connectivity index (χ4n) is 4.47. The molecular formula is C15H28N2. The summed E-state index contributed by atoms with van der Waals surface area (Å²) in [5.74, 6) is 2.14. The van der Waals surface area contributed by atoms with Gasteiger partial charge < -0.3 is 10.2 Å². The van der Waals surface area contributed by atoms with Gasteiger partial charge in [0.15, 0.2) is 0 Å². The number of likely N-dealkylation sites (tertiary alicyclic amines) is 1. The summed E-state index contributed by atoms with van der Waals surface area (Å²) in [7, 11) is 2.27. The highest BCUT2D eigenvalue weighted by atomic mass is 15.1. The monoisotopic (exact) mass is 236 g/mol. The molecule has 2 heteroatoms. The highest BCUT2D eigenvalue weighted by Gasteiger charge is 2.44. The molecule has 1 N–H and O–H groups in total. The van der Waals surface area contributed by atoms with Crippen LogP contribution in [0.4, 0.5) is 0 Å². The van der Waals surface area contributed by atoms with Crippen molar-refractivity contribution in [2.75, 3.05) is 33.2 Å². The van der Waals surface area contributed by atoms with Crippen LogP contribution in [0.3, 0.4) is 0 Å². The Morgan fingerprint density at radius 2 is 1.71 bits per heavy atom. The van der Waals surface area contributed by atoms with Crippen LogP contribution in [0, 0.1) is 17.3 Å². The lowest BCUT2D eigenvalue weighted by Crippen LogP contribution is -2.46. The number of nitrogens with zero attached hydrogens (tertiary/aromatic N) is 1. The summed E-state index contributed by atoms with van der Waals surface area (Å²) < 4.78 is 0. The molecule has 98 valence electrons. The van der Waals surface area contributed by atoms with Gasteiger partial charge in [0.05, 0.1) is 0 Å². The van der Waals surface area contributed by atoms with Gasteiger partial charge in [-0.15, -0.1) is 0 Å². The first-order chi connectivity index (χ1) is 8.26. The van der Waals surface area contributed by atoms with Crippen LogP contribution < -0.4 is 5.32 Å². The molecule has 0 bridgehead atoms. The summed E-state index contributed by atoms with van der Waals surface area (Å²) >= 11 is 0. The molecule has 3 rings (SSSR count). The molecule has 0 radical (unpaired) electrons. The molecule has 2 aliphatic heterocycles. The number of hydrogen-bond acceptors (Lipinski definition) is 2. The molecular weight excluding hydrogens is 208 g/mol. The van der Waals surface area contributed by atoms with Crippen LogP contribution in [0.1, 0.15) is 44.9 Å². The molecule has 0 aromatic rings. The maximum Gasteiger partial charge on any atom is -0.00191 e. The number of piperidine rings is 2. The summed E-state index contributed by atoms with van der Waals surface area (Å²) in [6, 6.07) is 0. The molecule has 2 nitrogen and oxygen atoms in total. The first-order valence-electron chi connectivity index (χ1n) is 7.65. The quantitative estimate of drug-likeness (QED) is 0.792. The minimum Gasteiger partial charge on any atom is -0.317 e. The molecule has 1 saturated carbocycles. The summed E-state index contributed by atoms with van der Waals surface area (Å²) in [6.45, 7) is 5.24. The molecule has 0 aromatic heterocycles. The van der Waals surface area contributed by atoms with E-state index in [-0.39, 0.29) is 0 Å². The molecule has 0 atom stereocenters. The van der Waals surface area contributed by atoms with Crippen LogP contribution in [-0.2, 0) is 0 Å². The Labute approximate surface area is 106 Å². The topological polar surface area (TPSA) is 15.3 Å². The first-order valence-corrected chi connectivity index (χ1v) is 7.65. The van der Waals surface area contributed by atoms with E-state index in [1.807, 2.05) is 0 Å². The van der Waals surface area contributed by atoms with E-state index in [0.29, 0.717) is 0 Å². The first kappa shape index (κ1) is 12.0.